The summed E-state index contributed by atoms with van der Waals surface area (Å²) < 4.78 is 0.881. The topological polar surface area (TPSA) is 70.2 Å². The summed E-state index contributed by atoms with van der Waals surface area (Å²) in [6.07, 6.45) is 0.728. The number of carbonyl (C=O) groups is 2. The number of rotatable bonds is 6. The molecule has 0 radical (unpaired) electrons. The van der Waals surface area contributed by atoms with Crippen molar-refractivity contribution in [3.05, 3.63) is 34.3 Å². The number of hydrogen-bond acceptors (Lipinski definition) is 3. The van der Waals surface area contributed by atoms with Crippen LogP contribution in [0, 0.1) is 5.92 Å². The third-order valence-corrected chi connectivity index (χ3v) is 3.67. The van der Waals surface area contributed by atoms with Gasteiger partial charge in [-0.25, -0.2) is 0 Å². The Balaban J connectivity index is 0.00000220. The average molecular weight is 377 g/mol. The van der Waals surface area contributed by atoms with E-state index in [-0.39, 0.29) is 30.1 Å². The molecule has 1 saturated heterocycles. The molecule has 1 aromatic carbocycles. The van der Waals surface area contributed by atoms with Gasteiger partial charge in [0.05, 0.1) is 5.92 Å². The van der Waals surface area contributed by atoms with Crippen molar-refractivity contribution in [1.29, 1.82) is 0 Å². The third-order valence-electron chi connectivity index (χ3n) is 3.18. The van der Waals surface area contributed by atoms with Crippen molar-refractivity contribution >= 4 is 40.2 Å². The van der Waals surface area contributed by atoms with E-state index in [4.69, 9.17) is 0 Å². The summed E-state index contributed by atoms with van der Waals surface area (Å²) in [6.45, 7) is 2.68. The minimum absolute atomic E-state index is 0. The molecule has 21 heavy (non-hydrogen) atoms. The second-order valence-corrected chi connectivity index (χ2v) is 5.68. The fourth-order valence-electron chi connectivity index (χ4n) is 1.85. The lowest BCUT2D eigenvalue weighted by Gasteiger charge is -2.25. The zero-order valence-corrected chi connectivity index (χ0v) is 13.9. The van der Waals surface area contributed by atoms with E-state index in [9.17, 15) is 9.59 Å². The Morgan fingerprint density at radius 2 is 1.95 bits per heavy atom. The molecule has 0 unspecified atom stereocenters. The van der Waals surface area contributed by atoms with E-state index in [1.165, 1.54) is 0 Å². The molecule has 2 amide bonds. The maximum Gasteiger partial charge on any atom is 0.251 e. The Morgan fingerprint density at radius 3 is 2.57 bits per heavy atom. The highest BCUT2D eigenvalue weighted by atomic mass is 79.9. The first-order chi connectivity index (χ1) is 9.66. The van der Waals surface area contributed by atoms with E-state index < -0.39 is 0 Å². The smallest absolute Gasteiger partial charge is 0.251 e. The molecule has 2 rings (SSSR count). The molecule has 5 nitrogen and oxygen atoms in total. The van der Waals surface area contributed by atoms with E-state index in [2.05, 4.69) is 31.9 Å². The van der Waals surface area contributed by atoms with Crippen LogP contribution in [-0.4, -0.2) is 38.0 Å². The number of hydrogen-bond donors (Lipinski definition) is 3. The molecule has 0 bridgehead atoms. The molecule has 1 aliphatic heterocycles. The molecule has 0 aliphatic carbocycles. The molecule has 0 aromatic heterocycles. The van der Waals surface area contributed by atoms with Crippen molar-refractivity contribution in [2.45, 2.75) is 6.42 Å². The van der Waals surface area contributed by atoms with Gasteiger partial charge in [0.1, 0.15) is 0 Å². The average Bonchev–Trinajstić information content (AvgIpc) is 2.36. The van der Waals surface area contributed by atoms with E-state index in [0.29, 0.717) is 18.7 Å². The first kappa shape index (κ1) is 17.9. The quantitative estimate of drug-likeness (QED) is 0.656. The summed E-state index contributed by atoms with van der Waals surface area (Å²) in [6, 6.07) is 7.25. The highest BCUT2D eigenvalue weighted by Crippen LogP contribution is 2.11. The fraction of sp³-hybridized carbons (Fsp3) is 0.429. The van der Waals surface area contributed by atoms with Gasteiger partial charge in [-0.2, -0.15) is 0 Å². The maximum absolute atomic E-state index is 11.8. The SMILES string of the molecule is Cl.O=C(NCCCNC(=O)C1CNC1)c1cccc(Br)c1. The lowest BCUT2D eigenvalue weighted by Crippen LogP contribution is -2.51. The fourth-order valence-corrected chi connectivity index (χ4v) is 2.25. The van der Waals surface area contributed by atoms with Crippen LogP contribution in [0.15, 0.2) is 28.7 Å². The zero-order valence-electron chi connectivity index (χ0n) is 11.5. The maximum atomic E-state index is 11.8. The van der Waals surface area contributed by atoms with Gasteiger partial charge in [-0.1, -0.05) is 22.0 Å². The molecule has 3 N–H and O–H groups in total. The van der Waals surface area contributed by atoms with Crippen molar-refractivity contribution in [3.8, 4) is 0 Å². The number of amides is 2. The van der Waals surface area contributed by atoms with Crippen LogP contribution < -0.4 is 16.0 Å². The summed E-state index contributed by atoms with van der Waals surface area (Å²) in [4.78, 5) is 23.4. The van der Waals surface area contributed by atoms with E-state index in [1.54, 1.807) is 12.1 Å². The lowest BCUT2D eigenvalue weighted by molar-refractivity contribution is -0.126. The van der Waals surface area contributed by atoms with Crippen molar-refractivity contribution in [3.63, 3.8) is 0 Å². The highest BCUT2D eigenvalue weighted by Gasteiger charge is 2.23. The zero-order chi connectivity index (χ0) is 14.4. The Hall–Kier alpha value is -1.11. The molecule has 0 spiro atoms. The summed E-state index contributed by atoms with van der Waals surface area (Å²) in [5.41, 5.74) is 0.629. The first-order valence-electron chi connectivity index (χ1n) is 6.69. The second-order valence-electron chi connectivity index (χ2n) is 4.77. The van der Waals surface area contributed by atoms with Crippen LogP contribution in [0.3, 0.4) is 0 Å². The van der Waals surface area contributed by atoms with Crippen LogP contribution in [0.4, 0.5) is 0 Å². The highest BCUT2D eigenvalue weighted by molar-refractivity contribution is 9.10. The number of carbonyl (C=O) groups excluding carboxylic acids is 2. The molecular weight excluding hydrogens is 358 g/mol. The lowest BCUT2D eigenvalue weighted by atomic mass is 10.0. The molecule has 1 fully saturated rings. The van der Waals surface area contributed by atoms with Crippen LogP contribution in [0.2, 0.25) is 0 Å². The largest absolute Gasteiger partial charge is 0.356 e. The van der Waals surface area contributed by atoms with Crippen LogP contribution >= 0.6 is 28.3 Å². The number of nitrogens with one attached hydrogen (secondary N) is 3. The predicted molar refractivity (Wildman–Crippen MR) is 87.7 cm³/mol. The van der Waals surface area contributed by atoms with Gasteiger partial charge >= 0.3 is 0 Å². The molecule has 0 atom stereocenters. The van der Waals surface area contributed by atoms with E-state index in [1.807, 2.05) is 12.1 Å². The Kier molecular flexibility index (Phi) is 7.71. The molecule has 116 valence electrons. The normalized spacial score (nSPS) is 13.8. The third kappa shape index (κ3) is 5.65. The first-order valence-corrected chi connectivity index (χ1v) is 7.48. The van der Waals surface area contributed by atoms with Gasteiger partial charge in [-0.3, -0.25) is 9.59 Å². The molecular formula is C14H19BrClN3O2. The van der Waals surface area contributed by atoms with Gasteiger partial charge in [-0.15, -0.1) is 12.4 Å². The number of benzene rings is 1. The van der Waals surface area contributed by atoms with Crippen LogP contribution in [-0.2, 0) is 4.79 Å². The number of halogens is 2. The van der Waals surface area contributed by atoms with Gasteiger partial charge in [0, 0.05) is 36.2 Å². The summed E-state index contributed by atoms with van der Waals surface area (Å²) in [5.74, 6) is 0.120. The summed E-state index contributed by atoms with van der Waals surface area (Å²) in [5, 5.41) is 8.76. The Labute approximate surface area is 138 Å². The molecule has 1 heterocycles. The van der Waals surface area contributed by atoms with Crippen molar-refractivity contribution < 1.29 is 9.59 Å². The van der Waals surface area contributed by atoms with Gasteiger partial charge in [-0.05, 0) is 24.6 Å². The Morgan fingerprint density at radius 1 is 1.24 bits per heavy atom. The monoisotopic (exact) mass is 375 g/mol. The minimum Gasteiger partial charge on any atom is -0.356 e. The van der Waals surface area contributed by atoms with Crippen LogP contribution in [0.25, 0.3) is 0 Å². The van der Waals surface area contributed by atoms with Crippen LogP contribution in [0.1, 0.15) is 16.8 Å². The van der Waals surface area contributed by atoms with Crippen molar-refractivity contribution in [2.75, 3.05) is 26.2 Å². The summed E-state index contributed by atoms with van der Waals surface area (Å²) >= 11 is 3.33. The van der Waals surface area contributed by atoms with Crippen LogP contribution in [0.5, 0.6) is 0 Å². The van der Waals surface area contributed by atoms with Crippen molar-refractivity contribution in [1.82, 2.24) is 16.0 Å². The van der Waals surface area contributed by atoms with E-state index >= 15 is 0 Å². The van der Waals surface area contributed by atoms with Gasteiger partial charge in [0.2, 0.25) is 5.91 Å². The predicted octanol–water partition coefficient (Wildman–Crippen LogP) is 1.33. The molecule has 7 heteroatoms. The molecule has 1 aliphatic rings. The standard InChI is InChI=1S/C14H18BrN3O2.ClH/c15-12-4-1-3-10(7-12)13(19)17-5-2-6-18-14(20)11-8-16-9-11;/h1,3-4,7,11,16H,2,5-6,8-9H2,(H,17,19)(H,18,20);1H. The minimum atomic E-state index is -0.0965. The van der Waals surface area contributed by atoms with Gasteiger partial charge in [0.15, 0.2) is 0 Å². The summed E-state index contributed by atoms with van der Waals surface area (Å²) in [7, 11) is 0. The van der Waals surface area contributed by atoms with Gasteiger partial charge < -0.3 is 16.0 Å². The van der Waals surface area contributed by atoms with Gasteiger partial charge in [0.25, 0.3) is 5.91 Å². The van der Waals surface area contributed by atoms with E-state index in [0.717, 1.165) is 24.0 Å². The van der Waals surface area contributed by atoms with Crippen molar-refractivity contribution in [2.24, 2.45) is 5.92 Å². The molecule has 1 aromatic rings. The molecule has 0 saturated carbocycles. The Bertz CT molecular complexity index is 495. The second kappa shape index (κ2) is 9.02.